The summed E-state index contributed by atoms with van der Waals surface area (Å²) in [6.07, 6.45) is 1.69. The van der Waals surface area contributed by atoms with Crippen molar-refractivity contribution in [3.8, 4) is 0 Å². The van der Waals surface area contributed by atoms with Crippen molar-refractivity contribution in [2.45, 2.75) is 0 Å². The molecule has 76 valence electrons. The van der Waals surface area contributed by atoms with Gasteiger partial charge in [-0.1, -0.05) is 0 Å². The second kappa shape index (κ2) is 5.43. The highest BCUT2D eigenvalue weighted by Gasteiger charge is 1.98. The highest BCUT2D eigenvalue weighted by atomic mass is 79.9. The van der Waals surface area contributed by atoms with E-state index in [0.717, 1.165) is 10.3 Å². The maximum atomic E-state index is 10.3. The highest BCUT2D eigenvalue weighted by Crippen LogP contribution is 2.17. The Kier molecular flexibility index (Phi) is 4.18. The van der Waals surface area contributed by atoms with Crippen LogP contribution in [-0.2, 0) is 0 Å². The minimum Gasteiger partial charge on any atom is -0.367 e. The van der Waals surface area contributed by atoms with E-state index in [9.17, 15) is 4.79 Å². The van der Waals surface area contributed by atoms with Crippen molar-refractivity contribution in [3.05, 3.63) is 22.8 Å². The third-order valence-corrected chi connectivity index (χ3v) is 2.12. The van der Waals surface area contributed by atoms with Crippen molar-refractivity contribution in [2.75, 3.05) is 18.4 Å². The van der Waals surface area contributed by atoms with Gasteiger partial charge in [-0.25, -0.2) is 9.78 Å². The number of carbonyl (C=O) groups is 1. The number of amides is 2. The van der Waals surface area contributed by atoms with Crippen LogP contribution in [0.5, 0.6) is 0 Å². The number of nitrogens with one attached hydrogen (secondary N) is 2. The smallest absolute Gasteiger partial charge is 0.312 e. The van der Waals surface area contributed by atoms with Gasteiger partial charge in [-0.2, -0.15) is 0 Å². The van der Waals surface area contributed by atoms with Crippen LogP contribution < -0.4 is 16.4 Å². The molecule has 4 N–H and O–H groups in total. The first-order chi connectivity index (χ1) is 6.70. The number of hydrogen-bond donors (Lipinski definition) is 3. The average molecular weight is 259 g/mol. The minimum absolute atomic E-state index is 0.471. The SMILES string of the molecule is NC(=O)NCCNc1ncccc1Br. The van der Waals surface area contributed by atoms with Crippen LogP contribution in [0, 0.1) is 0 Å². The Balaban J connectivity index is 2.31. The molecule has 0 bridgehead atoms. The zero-order valence-corrected chi connectivity index (χ0v) is 9.04. The molecule has 1 aromatic heterocycles. The third kappa shape index (κ3) is 3.61. The minimum atomic E-state index is -0.521. The fourth-order valence-corrected chi connectivity index (χ4v) is 1.28. The number of aromatic nitrogens is 1. The zero-order chi connectivity index (χ0) is 10.4. The van der Waals surface area contributed by atoms with Gasteiger partial charge in [0.25, 0.3) is 0 Å². The molecule has 0 atom stereocenters. The molecule has 1 aromatic rings. The van der Waals surface area contributed by atoms with E-state index in [1.54, 1.807) is 6.20 Å². The van der Waals surface area contributed by atoms with Gasteiger partial charge in [0.1, 0.15) is 5.82 Å². The number of anilines is 1. The lowest BCUT2D eigenvalue weighted by atomic mass is 10.4. The molecule has 0 aromatic carbocycles. The molecule has 1 heterocycles. The molecule has 0 radical (unpaired) electrons. The van der Waals surface area contributed by atoms with Gasteiger partial charge in [-0.3, -0.25) is 0 Å². The van der Waals surface area contributed by atoms with Crippen molar-refractivity contribution in [1.82, 2.24) is 10.3 Å². The van der Waals surface area contributed by atoms with Gasteiger partial charge in [-0.05, 0) is 28.1 Å². The second-order valence-electron chi connectivity index (χ2n) is 2.55. The van der Waals surface area contributed by atoms with E-state index in [1.807, 2.05) is 12.1 Å². The third-order valence-electron chi connectivity index (χ3n) is 1.48. The van der Waals surface area contributed by atoms with Gasteiger partial charge in [0.15, 0.2) is 0 Å². The summed E-state index contributed by atoms with van der Waals surface area (Å²) in [5.74, 6) is 0.749. The summed E-state index contributed by atoms with van der Waals surface area (Å²) < 4.78 is 0.888. The Bertz CT molecular complexity index is 318. The molecule has 0 aliphatic carbocycles. The van der Waals surface area contributed by atoms with E-state index in [-0.39, 0.29) is 0 Å². The Labute approximate surface area is 90.2 Å². The first kappa shape index (κ1) is 10.8. The van der Waals surface area contributed by atoms with Crippen LogP contribution in [0.15, 0.2) is 22.8 Å². The van der Waals surface area contributed by atoms with E-state index < -0.39 is 6.03 Å². The van der Waals surface area contributed by atoms with Crippen molar-refractivity contribution in [3.63, 3.8) is 0 Å². The Morgan fingerprint density at radius 2 is 2.36 bits per heavy atom. The summed E-state index contributed by atoms with van der Waals surface area (Å²) >= 11 is 3.34. The molecule has 6 heteroatoms. The lowest BCUT2D eigenvalue weighted by molar-refractivity contribution is 0.249. The van der Waals surface area contributed by atoms with Crippen LogP contribution >= 0.6 is 15.9 Å². The molecule has 0 spiro atoms. The number of hydrogen-bond acceptors (Lipinski definition) is 3. The van der Waals surface area contributed by atoms with E-state index in [4.69, 9.17) is 5.73 Å². The average Bonchev–Trinajstić information content (AvgIpc) is 2.15. The molecular weight excluding hydrogens is 248 g/mol. The van der Waals surface area contributed by atoms with Gasteiger partial charge in [0.05, 0.1) is 4.47 Å². The summed E-state index contributed by atoms with van der Waals surface area (Å²) in [6.45, 7) is 1.05. The summed E-state index contributed by atoms with van der Waals surface area (Å²) in [6, 6.07) is 3.19. The predicted octanol–water partition coefficient (Wildman–Crippen LogP) is 0.924. The zero-order valence-electron chi connectivity index (χ0n) is 7.46. The summed E-state index contributed by atoms with van der Waals surface area (Å²) in [4.78, 5) is 14.4. The van der Waals surface area contributed by atoms with Gasteiger partial charge >= 0.3 is 6.03 Å². The first-order valence-electron chi connectivity index (χ1n) is 4.08. The molecule has 14 heavy (non-hydrogen) atoms. The predicted molar refractivity (Wildman–Crippen MR) is 58.0 cm³/mol. The molecule has 5 nitrogen and oxygen atoms in total. The normalized spacial score (nSPS) is 9.50. The van der Waals surface area contributed by atoms with Crippen LogP contribution in [0.1, 0.15) is 0 Å². The van der Waals surface area contributed by atoms with Crippen LogP contribution in [0.2, 0.25) is 0 Å². The topological polar surface area (TPSA) is 80.0 Å². The Morgan fingerprint density at radius 1 is 1.57 bits per heavy atom. The van der Waals surface area contributed by atoms with E-state index in [1.165, 1.54) is 0 Å². The van der Waals surface area contributed by atoms with Crippen LogP contribution in [-0.4, -0.2) is 24.1 Å². The second-order valence-corrected chi connectivity index (χ2v) is 3.41. The number of nitrogens with zero attached hydrogens (tertiary/aromatic N) is 1. The molecule has 2 amide bonds. The van der Waals surface area contributed by atoms with E-state index >= 15 is 0 Å². The Hall–Kier alpha value is -1.30. The molecule has 0 saturated carbocycles. The number of primary amides is 1. The fraction of sp³-hybridized carbons (Fsp3) is 0.250. The maximum Gasteiger partial charge on any atom is 0.312 e. The maximum absolute atomic E-state index is 10.3. The molecular formula is C8H11BrN4O. The van der Waals surface area contributed by atoms with Crippen LogP contribution in [0.3, 0.4) is 0 Å². The van der Waals surface area contributed by atoms with Crippen LogP contribution in [0.4, 0.5) is 10.6 Å². The lowest BCUT2D eigenvalue weighted by Crippen LogP contribution is -2.33. The van der Waals surface area contributed by atoms with Gasteiger partial charge < -0.3 is 16.4 Å². The monoisotopic (exact) mass is 258 g/mol. The van der Waals surface area contributed by atoms with E-state index in [0.29, 0.717) is 13.1 Å². The van der Waals surface area contributed by atoms with Gasteiger partial charge in [0, 0.05) is 19.3 Å². The summed E-state index contributed by atoms with van der Waals surface area (Å²) in [5.41, 5.74) is 4.90. The number of halogens is 1. The van der Waals surface area contributed by atoms with Crippen molar-refractivity contribution >= 4 is 27.8 Å². The lowest BCUT2D eigenvalue weighted by Gasteiger charge is -2.06. The molecule has 1 rings (SSSR count). The molecule has 0 aliphatic heterocycles. The molecule has 0 aliphatic rings. The fourth-order valence-electron chi connectivity index (χ4n) is 0.882. The number of pyridine rings is 1. The van der Waals surface area contributed by atoms with Gasteiger partial charge in [-0.15, -0.1) is 0 Å². The largest absolute Gasteiger partial charge is 0.367 e. The van der Waals surface area contributed by atoms with Crippen LogP contribution in [0.25, 0.3) is 0 Å². The first-order valence-corrected chi connectivity index (χ1v) is 4.87. The molecule has 0 unspecified atom stereocenters. The van der Waals surface area contributed by atoms with Crippen molar-refractivity contribution < 1.29 is 4.79 Å². The quantitative estimate of drug-likeness (QED) is 0.703. The number of rotatable bonds is 4. The molecule has 0 fully saturated rings. The Morgan fingerprint density at radius 3 is 3.00 bits per heavy atom. The number of urea groups is 1. The standard InChI is InChI=1S/C8H11BrN4O/c9-6-2-1-3-11-7(6)12-4-5-13-8(10)14/h1-3H,4-5H2,(H,11,12)(H3,10,13,14). The highest BCUT2D eigenvalue weighted by molar-refractivity contribution is 9.10. The number of nitrogens with two attached hydrogens (primary N) is 1. The summed E-state index contributed by atoms with van der Waals surface area (Å²) in [5, 5.41) is 5.51. The van der Waals surface area contributed by atoms with Crippen molar-refractivity contribution in [2.24, 2.45) is 5.73 Å². The van der Waals surface area contributed by atoms with Crippen molar-refractivity contribution in [1.29, 1.82) is 0 Å². The summed E-state index contributed by atoms with van der Waals surface area (Å²) in [7, 11) is 0. The molecule has 0 saturated heterocycles. The number of carbonyl (C=O) groups excluding carboxylic acids is 1. The van der Waals surface area contributed by atoms with Gasteiger partial charge in [0.2, 0.25) is 0 Å². The van der Waals surface area contributed by atoms with E-state index in [2.05, 4.69) is 31.5 Å².